The van der Waals surface area contributed by atoms with Crippen molar-refractivity contribution in [3.63, 3.8) is 0 Å². The number of thioether (sulfide) groups is 1. The van der Waals surface area contributed by atoms with E-state index in [2.05, 4.69) is 13.2 Å². The van der Waals surface area contributed by atoms with Crippen LogP contribution in [0.5, 0.6) is 0 Å². The van der Waals surface area contributed by atoms with E-state index in [9.17, 15) is 19.5 Å². The van der Waals surface area contributed by atoms with Crippen molar-refractivity contribution in [2.24, 2.45) is 11.8 Å². The van der Waals surface area contributed by atoms with Crippen LogP contribution < -0.4 is 0 Å². The van der Waals surface area contributed by atoms with Crippen LogP contribution in [0.25, 0.3) is 0 Å². The van der Waals surface area contributed by atoms with Crippen LogP contribution in [0.3, 0.4) is 0 Å². The summed E-state index contributed by atoms with van der Waals surface area (Å²) in [5.41, 5.74) is 0. The summed E-state index contributed by atoms with van der Waals surface area (Å²) in [5.74, 6) is -1.24. The molecule has 3 aliphatic heterocycles. The van der Waals surface area contributed by atoms with Crippen molar-refractivity contribution in [2.45, 2.75) is 81.5 Å². The molecule has 34 heavy (non-hydrogen) atoms. The lowest BCUT2D eigenvalue weighted by molar-refractivity contribution is -0.147. The zero-order chi connectivity index (χ0) is 25.2. The van der Waals surface area contributed by atoms with Gasteiger partial charge in [0.1, 0.15) is 6.04 Å². The van der Waals surface area contributed by atoms with Gasteiger partial charge in [-0.25, -0.2) is 0 Å². The molecule has 0 saturated carbocycles. The Kier molecular flexibility index (Phi) is 8.56. The molecule has 3 amide bonds. The van der Waals surface area contributed by atoms with E-state index in [0.717, 1.165) is 19.3 Å². The SMILES string of the molecule is C=CCN(CCC)C(=O)[C@@H]1[C@@H]2CCC3(S2)C(C(=O)N(CC=C)C(C)C)N([C@@H](CC)CO)C(=O)[C@H]13. The van der Waals surface area contributed by atoms with Gasteiger partial charge in [-0.3, -0.25) is 14.4 Å². The Morgan fingerprint density at radius 1 is 1.24 bits per heavy atom. The molecule has 3 fully saturated rings. The van der Waals surface area contributed by atoms with Crippen LogP contribution in [-0.4, -0.2) is 91.9 Å². The van der Waals surface area contributed by atoms with E-state index in [0.29, 0.717) is 26.1 Å². The summed E-state index contributed by atoms with van der Waals surface area (Å²) in [6.45, 7) is 16.8. The molecule has 0 aromatic rings. The first-order valence-corrected chi connectivity index (χ1v) is 13.5. The van der Waals surface area contributed by atoms with E-state index >= 15 is 0 Å². The number of carbonyl (C=O) groups excluding carboxylic acids is 3. The van der Waals surface area contributed by atoms with Crippen molar-refractivity contribution < 1.29 is 19.5 Å². The maximum Gasteiger partial charge on any atom is 0.247 e. The average Bonchev–Trinajstić information content (AvgIpc) is 3.45. The van der Waals surface area contributed by atoms with Gasteiger partial charge in [-0.15, -0.1) is 24.9 Å². The number of carbonyl (C=O) groups is 3. The molecule has 3 aliphatic rings. The van der Waals surface area contributed by atoms with Crippen molar-refractivity contribution in [1.82, 2.24) is 14.7 Å². The molecule has 0 radical (unpaired) electrons. The van der Waals surface area contributed by atoms with Gasteiger partial charge in [0.15, 0.2) is 0 Å². The van der Waals surface area contributed by atoms with Gasteiger partial charge in [-0.2, -0.15) is 0 Å². The molecule has 3 heterocycles. The van der Waals surface area contributed by atoms with Gasteiger partial charge in [0, 0.05) is 30.9 Å². The molecule has 7 nitrogen and oxygen atoms in total. The quantitative estimate of drug-likeness (QED) is 0.425. The Labute approximate surface area is 208 Å². The molecule has 2 bridgehead atoms. The van der Waals surface area contributed by atoms with Crippen molar-refractivity contribution in [3.8, 4) is 0 Å². The minimum absolute atomic E-state index is 0.00363. The van der Waals surface area contributed by atoms with Crippen molar-refractivity contribution in [1.29, 1.82) is 0 Å². The van der Waals surface area contributed by atoms with E-state index in [-0.39, 0.29) is 35.6 Å². The van der Waals surface area contributed by atoms with E-state index in [1.54, 1.807) is 38.6 Å². The van der Waals surface area contributed by atoms with E-state index in [1.807, 2.05) is 27.7 Å². The summed E-state index contributed by atoms with van der Waals surface area (Å²) >= 11 is 1.68. The average molecular weight is 492 g/mol. The molecule has 3 saturated heterocycles. The van der Waals surface area contributed by atoms with Gasteiger partial charge in [0.2, 0.25) is 17.7 Å². The van der Waals surface area contributed by atoms with Gasteiger partial charge in [-0.1, -0.05) is 26.0 Å². The summed E-state index contributed by atoms with van der Waals surface area (Å²) in [5, 5.41) is 10.2. The first-order chi connectivity index (χ1) is 16.2. The number of aliphatic hydroxyl groups is 1. The Morgan fingerprint density at radius 2 is 1.91 bits per heavy atom. The molecule has 190 valence electrons. The Balaban J connectivity index is 2.08. The molecule has 3 rings (SSSR count). The molecule has 0 aromatic carbocycles. The predicted octanol–water partition coefficient (Wildman–Crippen LogP) is 2.70. The maximum absolute atomic E-state index is 14.1. The normalized spacial score (nSPS) is 30.4. The highest BCUT2D eigenvalue weighted by molar-refractivity contribution is 8.02. The van der Waals surface area contributed by atoms with Crippen LogP contribution in [0.4, 0.5) is 0 Å². The zero-order valence-electron chi connectivity index (χ0n) is 21.1. The lowest BCUT2D eigenvalue weighted by Gasteiger charge is -2.40. The molecule has 1 spiro atoms. The van der Waals surface area contributed by atoms with Crippen LogP contribution in [0.1, 0.15) is 53.4 Å². The van der Waals surface area contributed by atoms with E-state index in [4.69, 9.17) is 0 Å². The summed E-state index contributed by atoms with van der Waals surface area (Å²) in [4.78, 5) is 47.2. The summed E-state index contributed by atoms with van der Waals surface area (Å²) in [7, 11) is 0. The molecular formula is C26H41N3O4S. The number of aliphatic hydroxyl groups excluding tert-OH is 1. The molecule has 6 atom stereocenters. The predicted molar refractivity (Wildman–Crippen MR) is 136 cm³/mol. The van der Waals surface area contributed by atoms with Crippen LogP contribution in [0, 0.1) is 11.8 Å². The Morgan fingerprint density at radius 3 is 2.44 bits per heavy atom. The molecular weight excluding hydrogens is 450 g/mol. The highest BCUT2D eigenvalue weighted by Crippen LogP contribution is 2.67. The largest absolute Gasteiger partial charge is 0.394 e. The smallest absolute Gasteiger partial charge is 0.247 e. The van der Waals surface area contributed by atoms with Crippen molar-refractivity contribution >= 4 is 29.5 Å². The number of nitrogens with zero attached hydrogens (tertiary/aromatic N) is 3. The van der Waals surface area contributed by atoms with Crippen LogP contribution in [-0.2, 0) is 14.4 Å². The molecule has 2 unspecified atom stereocenters. The van der Waals surface area contributed by atoms with Crippen LogP contribution in [0.15, 0.2) is 25.3 Å². The third kappa shape index (κ3) is 4.21. The zero-order valence-corrected chi connectivity index (χ0v) is 21.9. The topological polar surface area (TPSA) is 81.2 Å². The van der Waals surface area contributed by atoms with Crippen molar-refractivity contribution in [3.05, 3.63) is 25.3 Å². The highest BCUT2D eigenvalue weighted by Gasteiger charge is 2.74. The number of hydrogen-bond donors (Lipinski definition) is 1. The standard InChI is InChI=1S/C26H41N3O4S/c1-7-13-27(14-8-2)23(31)20-19-11-12-26(34-19)21(20)24(32)29(18(10-4)16-30)22(26)25(33)28(15-9-3)17(5)6/h7,9,17-22,30H,1,3,8,10-16H2,2,4-6H3/t18-,19-,20+,21-,22?,26?/m0/s1. The first kappa shape index (κ1) is 26.8. The lowest BCUT2D eigenvalue weighted by Crippen LogP contribution is -2.58. The number of fused-ring (bicyclic) bond motifs is 1. The second kappa shape index (κ2) is 10.9. The fourth-order valence-electron chi connectivity index (χ4n) is 6.24. The summed E-state index contributed by atoms with van der Waals surface area (Å²) in [6.07, 6.45) is 6.36. The van der Waals surface area contributed by atoms with Crippen LogP contribution >= 0.6 is 11.8 Å². The molecule has 8 heteroatoms. The van der Waals surface area contributed by atoms with E-state index < -0.39 is 28.7 Å². The number of likely N-dealkylation sites (tertiary alicyclic amines) is 1. The second-order valence-electron chi connectivity index (χ2n) is 9.99. The molecule has 0 aromatic heterocycles. The molecule has 1 N–H and O–H groups in total. The van der Waals surface area contributed by atoms with Crippen molar-refractivity contribution in [2.75, 3.05) is 26.2 Å². The van der Waals surface area contributed by atoms with Gasteiger partial charge in [0.25, 0.3) is 0 Å². The minimum atomic E-state index is -0.684. The van der Waals surface area contributed by atoms with Gasteiger partial charge < -0.3 is 19.8 Å². The third-order valence-corrected chi connectivity index (χ3v) is 9.67. The highest BCUT2D eigenvalue weighted by atomic mass is 32.2. The molecule has 0 aliphatic carbocycles. The first-order valence-electron chi connectivity index (χ1n) is 12.7. The maximum atomic E-state index is 14.1. The fourth-order valence-corrected chi connectivity index (χ4v) is 8.43. The summed E-state index contributed by atoms with van der Waals surface area (Å²) < 4.78 is -0.637. The van der Waals surface area contributed by atoms with Crippen LogP contribution in [0.2, 0.25) is 0 Å². The van der Waals surface area contributed by atoms with Gasteiger partial charge in [0.05, 0.1) is 29.2 Å². The number of amides is 3. The number of hydrogen-bond acceptors (Lipinski definition) is 5. The monoisotopic (exact) mass is 491 g/mol. The van der Waals surface area contributed by atoms with Gasteiger partial charge >= 0.3 is 0 Å². The lowest BCUT2D eigenvalue weighted by atomic mass is 9.70. The van der Waals surface area contributed by atoms with Gasteiger partial charge in [-0.05, 0) is 39.5 Å². The van der Waals surface area contributed by atoms with E-state index in [1.165, 1.54) is 0 Å². The third-order valence-electron chi connectivity index (χ3n) is 7.72. The Bertz CT molecular complexity index is 814. The minimum Gasteiger partial charge on any atom is -0.394 e. The fraction of sp³-hybridized carbons (Fsp3) is 0.731. The second-order valence-corrected chi connectivity index (χ2v) is 11.6. The summed E-state index contributed by atoms with van der Waals surface area (Å²) in [6, 6.07) is -1.19. The Hall–Kier alpha value is -1.80. The number of rotatable bonds is 12.